The third kappa shape index (κ3) is 5.05. The molecule has 0 spiro atoms. The molecule has 3 aromatic carbocycles. The molecule has 0 aliphatic carbocycles. The molecule has 0 saturated carbocycles. The van der Waals surface area contributed by atoms with Gasteiger partial charge in [-0.3, -0.25) is 4.90 Å². The highest BCUT2D eigenvalue weighted by molar-refractivity contribution is 6.01. The van der Waals surface area contributed by atoms with Crippen LogP contribution in [0.3, 0.4) is 0 Å². The number of nitrogens with zero attached hydrogens (tertiary/aromatic N) is 1. The van der Waals surface area contributed by atoms with Crippen molar-refractivity contribution in [3.63, 3.8) is 0 Å². The van der Waals surface area contributed by atoms with Crippen LogP contribution in [0.1, 0.15) is 5.56 Å². The maximum absolute atomic E-state index is 12.5. The second kappa shape index (κ2) is 9.43. The van der Waals surface area contributed by atoms with Gasteiger partial charge in [0.05, 0.1) is 7.11 Å². The van der Waals surface area contributed by atoms with Crippen molar-refractivity contribution in [1.82, 2.24) is 0 Å². The molecule has 0 aliphatic rings. The molecule has 6 nitrogen and oxygen atoms in total. The Balaban J connectivity index is 1.78. The number of benzene rings is 3. The van der Waals surface area contributed by atoms with Crippen molar-refractivity contribution in [2.45, 2.75) is 0 Å². The lowest BCUT2D eigenvalue weighted by Crippen LogP contribution is -2.31. The van der Waals surface area contributed by atoms with Crippen LogP contribution in [0.4, 0.5) is 16.2 Å². The van der Waals surface area contributed by atoms with E-state index in [1.165, 1.54) is 13.2 Å². The van der Waals surface area contributed by atoms with Crippen LogP contribution in [0.5, 0.6) is 0 Å². The Morgan fingerprint density at radius 1 is 0.933 bits per heavy atom. The van der Waals surface area contributed by atoms with Crippen LogP contribution in [0.2, 0.25) is 0 Å². The third-order valence-corrected chi connectivity index (χ3v) is 4.54. The number of carboxylic acids is 1. The van der Waals surface area contributed by atoms with Gasteiger partial charge < -0.3 is 15.2 Å². The van der Waals surface area contributed by atoms with Crippen molar-refractivity contribution in [2.24, 2.45) is 0 Å². The summed E-state index contributed by atoms with van der Waals surface area (Å²) in [6.45, 7) is 0. The SMILES string of the molecule is CO/C(=C\c1ccc(-c2cccc(N(C)C(=O)Nc3ccccc3)c2)cc1)C(=O)O. The molecule has 30 heavy (non-hydrogen) atoms. The van der Waals surface area contributed by atoms with Gasteiger partial charge in [-0.25, -0.2) is 9.59 Å². The molecule has 0 fully saturated rings. The molecule has 6 heteroatoms. The first-order chi connectivity index (χ1) is 14.5. The Morgan fingerprint density at radius 2 is 1.63 bits per heavy atom. The zero-order valence-electron chi connectivity index (χ0n) is 16.7. The normalized spacial score (nSPS) is 10.9. The second-order valence-electron chi connectivity index (χ2n) is 6.55. The van der Waals surface area contributed by atoms with Gasteiger partial charge in [-0.15, -0.1) is 0 Å². The second-order valence-corrected chi connectivity index (χ2v) is 6.55. The minimum absolute atomic E-state index is 0.129. The van der Waals surface area contributed by atoms with E-state index in [1.54, 1.807) is 11.9 Å². The van der Waals surface area contributed by atoms with Gasteiger partial charge in [-0.2, -0.15) is 0 Å². The number of hydrogen-bond donors (Lipinski definition) is 2. The van der Waals surface area contributed by atoms with Crippen molar-refractivity contribution in [2.75, 3.05) is 24.4 Å². The number of carbonyl (C=O) groups is 2. The van der Waals surface area contributed by atoms with Gasteiger partial charge in [0.2, 0.25) is 5.76 Å². The van der Waals surface area contributed by atoms with Crippen molar-refractivity contribution in [1.29, 1.82) is 0 Å². The Bertz CT molecular complexity index is 1060. The van der Waals surface area contributed by atoms with Crippen LogP contribution in [0.15, 0.2) is 84.6 Å². The average molecular weight is 402 g/mol. The number of methoxy groups -OCH3 is 1. The summed E-state index contributed by atoms with van der Waals surface area (Å²) in [5.74, 6) is -1.25. The van der Waals surface area contributed by atoms with E-state index in [0.29, 0.717) is 5.56 Å². The molecule has 3 aromatic rings. The summed E-state index contributed by atoms with van der Waals surface area (Å²) in [4.78, 5) is 25.2. The fourth-order valence-corrected chi connectivity index (χ4v) is 2.87. The topological polar surface area (TPSA) is 78.9 Å². The Morgan fingerprint density at radius 3 is 2.27 bits per heavy atom. The summed E-state index contributed by atoms with van der Waals surface area (Å²) >= 11 is 0. The quantitative estimate of drug-likeness (QED) is 0.444. The number of rotatable bonds is 6. The van der Waals surface area contributed by atoms with Crippen LogP contribution in [0, 0.1) is 0 Å². The number of ether oxygens (including phenoxy) is 1. The first-order valence-corrected chi connectivity index (χ1v) is 9.27. The largest absolute Gasteiger partial charge is 0.490 e. The van der Waals surface area contributed by atoms with Crippen molar-refractivity contribution in [3.05, 3.63) is 90.2 Å². The van der Waals surface area contributed by atoms with E-state index in [2.05, 4.69) is 5.32 Å². The van der Waals surface area contributed by atoms with Gasteiger partial charge >= 0.3 is 12.0 Å². The summed E-state index contributed by atoms with van der Waals surface area (Å²) in [5, 5.41) is 11.9. The lowest BCUT2D eigenvalue weighted by molar-refractivity contribution is -0.135. The number of nitrogens with one attached hydrogen (secondary N) is 1. The summed E-state index contributed by atoms with van der Waals surface area (Å²) in [6, 6.07) is 24.1. The van der Waals surface area contributed by atoms with E-state index in [4.69, 9.17) is 9.84 Å². The Labute approximate surface area is 175 Å². The smallest absolute Gasteiger partial charge is 0.371 e. The number of urea groups is 1. The molecule has 0 saturated heterocycles. The summed E-state index contributed by atoms with van der Waals surface area (Å²) < 4.78 is 4.86. The molecular weight excluding hydrogens is 380 g/mol. The molecular formula is C24H22N2O4. The molecule has 3 rings (SSSR count). The molecule has 2 N–H and O–H groups in total. The van der Waals surface area contributed by atoms with Crippen molar-refractivity contribution >= 4 is 29.5 Å². The Hall–Kier alpha value is -4.06. The van der Waals surface area contributed by atoms with Crippen LogP contribution >= 0.6 is 0 Å². The summed E-state index contributed by atoms with van der Waals surface area (Å²) in [7, 11) is 3.04. The van der Waals surface area contributed by atoms with E-state index in [9.17, 15) is 9.59 Å². The number of carboxylic acid groups (broad SMARTS) is 1. The third-order valence-electron chi connectivity index (χ3n) is 4.54. The van der Waals surface area contributed by atoms with Gasteiger partial charge in [0.1, 0.15) is 0 Å². The van der Waals surface area contributed by atoms with E-state index in [-0.39, 0.29) is 11.8 Å². The van der Waals surface area contributed by atoms with Crippen LogP contribution in [-0.2, 0) is 9.53 Å². The van der Waals surface area contributed by atoms with E-state index in [0.717, 1.165) is 22.5 Å². The minimum atomic E-state index is -1.12. The Kier molecular flexibility index (Phi) is 6.49. The van der Waals surface area contributed by atoms with Gasteiger partial charge in [-0.05, 0) is 47.0 Å². The monoisotopic (exact) mass is 402 g/mol. The zero-order valence-corrected chi connectivity index (χ0v) is 16.7. The van der Waals surface area contributed by atoms with Crippen LogP contribution < -0.4 is 10.2 Å². The lowest BCUT2D eigenvalue weighted by Gasteiger charge is -2.19. The number of anilines is 2. The van der Waals surface area contributed by atoms with Gasteiger partial charge in [0.25, 0.3) is 0 Å². The number of carbonyl (C=O) groups excluding carboxylic acids is 1. The minimum Gasteiger partial charge on any atom is -0.490 e. The molecule has 0 aliphatic heterocycles. The molecule has 0 atom stereocenters. The average Bonchev–Trinajstić information content (AvgIpc) is 2.78. The zero-order chi connectivity index (χ0) is 21.5. The van der Waals surface area contributed by atoms with E-state index >= 15 is 0 Å². The lowest BCUT2D eigenvalue weighted by atomic mass is 10.0. The summed E-state index contributed by atoms with van der Waals surface area (Å²) in [5.41, 5.74) is 4.07. The first-order valence-electron chi connectivity index (χ1n) is 9.27. The molecule has 2 amide bonds. The van der Waals surface area contributed by atoms with E-state index < -0.39 is 5.97 Å². The van der Waals surface area contributed by atoms with Gasteiger partial charge in [0.15, 0.2) is 0 Å². The highest BCUT2D eigenvalue weighted by atomic mass is 16.5. The van der Waals surface area contributed by atoms with Crippen LogP contribution in [0.25, 0.3) is 17.2 Å². The molecule has 0 heterocycles. The molecule has 0 unspecified atom stereocenters. The van der Waals surface area contributed by atoms with Crippen molar-refractivity contribution < 1.29 is 19.4 Å². The number of para-hydroxylation sites is 1. The maximum atomic E-state index is 12.5. The number of aliphatic carboxylic acids is 1. The molecule has 0 aromatic heterocycles. The molecule has 0 radical (unpaired) electrons. The highest BCUT2D eigenvalue weighted by Crippen LogP contribution is 2.25. The predicted octanol–water partition coefficient (Wildman–Crippen LogP) is 5.09. The first kappa shape index (κ1) is 20.7. The fourth-order valence-electron chi connectivity index (χ4n) is 2.87. The highest BCUT2D eigenvalue weighted by Gasteiger charge is 2.12. The van der Waals surface area contributed by atoms with E-state index in [1.807, 2.05) is 78.9 Å². The van der Waals surface area contributed by atoms with Crippen molar-refractivity contribution in [3.8, 4) is 11.1 Å². The number of amides is 2. The van der Waals surface area contributed by atoms with Crippen LogP contribution in [-0.4, -0.2) is 31.3 Å². The van der Waals surface area contributed by atoms with Gasteiger partial charge in [0, 0.05) is 18.4 Å². The molecule has 0 bridgehead atoms. The predicted molar refractivity (Wildman–Crippen MR) is 118 cm³/mol. The standard InChI is InChI=1S/C24H22N2O4/c1-26(24(29)25-20-8-4-3-5-9-20)21-10-6-7-19(16-21)18-13-11-17(12-14-18)15-22(30-2)23(27)28/h3-16H,1-2H3,(H,25,29)(H,27,28)/b22-15-. The fraction of sp³-hybridized carbons (Fsp3) is 0.0833. The molecule has 152 valence electrons. The summed E-state index contributed by atoms with van der Waals surface area (Å²) in [6.07, 6.45) is 1.46. The number of hydrogen-bond acceptors (Lipinski definition) is 3. The van der Waals surface area contributed by atoms with Gasteiger partial charge in [-0.1, -0.05) is 54.6 Å². The maximum Gasteiger partial charge on any atom is 0.371 e.